The molecule has 24 heavy (non-hydrogen) atoms. The number of anilines is 1. The average Bonchev–Trinajstić information content (AvgIpc) is 2.64. The summed E-state index contributed by atoms with van der Waals surface area (Å²) in [5.74, 6) is 0. The lowest BCUT2D eigenvalue weighted by Gasteiger charge is -2.23. The molecule has 0 fully saturated rings. The standard InChI is InChI=1S/C21H20BrNO/c22-18-11-13-19(14-12-18)23-20(16-7-3-1-4-8-16)15-21(24)17-9-5-2-6-10-17/h1-14,20-21,23-24H,15H2. The van der Waals surface area contributed by atoms with Gasteiger partial charge in [0.1, 0.15) is 0 Å². The molecule has 0 aliphatic heterocycles. The van der Waals surface area contributed by atoms with Crippen LogP contribution in [0.1, 0.15) is 29.7 Å². The second-order valence-electron chi connectivity index (χ2n) is 5.78. The van der Waals surface area contributed by atoms with E-state index in [1.54, 1.807) is 0 Å². The smallest absolute Gasteiger partial charge is 0.0812 e. The highest BCUT2D eigenvalue weighted by Gasteiger charge is 2.17. The minimum absolute atomic E-state index is 0.0302. The van der Waals surface area contributed by atoms with Gasteiger partial charge in [-0.05, 0) is 35.4 Å². The van der Waals surface area contributed by atoms with Crippen molar-refractivity contribution in [2.24, 2.45) is 0 Å². The number of nitrogens with one attached hydrogen (secondary N) is 1. The van der Waals surface area contributed by atoms with E-state index in [9.17, 15) is 5.11 Å². The highest BCUT2D eigenvalue weighted by molar-refractivity contribution is 9.10. The van der Waals surface area contributed by atoms with Crippen LogP contribution in [-0.2, 0) is 0 Å². The van der Waals surface area contributed by atoms with E-state index in [4.69, 9.17) is 0 Å². The van der Waals surface area contributed by atoms with Crippen LogP contribution in [0.5, 0.6) is 0 Å². The van der Waals surface area contributed by atoms with Gasteiger partial charge in [-0.25, -0.2) is 0 Å². The summed E-state index contributed by atoms with van der Waals surface area (Å²) in [5.41, 5.74) is 3.14. The van der Waals surface area contributed by atoms with E-state index < -0.39 is 6.10 Å². The summed E-state index contributed by atoms with van der Waals surface area (Å²) in [7, 11) is 0. The zero-order chi connectivity index (χ0) is 16.8. The van der Waals surface area contributed by atoms with Crippen molar-refractivity contribution in [3.05, 3.63) is 101 Å². The summed E-state index contributed by atoms with van der Waals surface area (Å²) in [4.78, 5) is 0. The fourth-order valence-corrected chi connectivity index (χ4v) is 3.01. The average molecular weight is 382 g/mol. The lowest BCUT2D eigenvalue weighted by atomic mass is 9.96. The van der Waals surface area contributed by atoms with Gasteiger partial charge in [-0.1, -0.05) is 76.6 Å². The zero-order valence-electron chi connectivity index (χ0n) is 13.3. The van der Waals surface area contributed by atoms with Crippen LogP contribution in [0.3, 0.4) is 0 Å². The van der Waals surface area contributed by atoms with Gasteiger partial charge in [-0.15, -0.1) is 0 Å². The first-order valence-electron chi connectivity index (χ1n) is 8.02. The SMILES string of the molecule is OC(CC(Nc1ccc(Br)cc1)c1ccccc1)c1ccccc1. The Labute approximate surface area is 151 Å². The first kappa shape index (κ1) is 16.7. The molecule has 3 aromatic rings. The number of halogens is 1. The minimum atomic E-state index is -0.514. The topological polar surface area (TPSA) is 32.3 Å². The van der Waals surface area contributed by atoms with Crippen molar-refractivity contribution in [2.45, 2.75) is 18.6 Å². The molecule has 2 N–H and O–H groups in total. The Morgan fingerprint density at radius 2 is 1.29 bits per heavy atom. The van der Waals surface area contributed by atoms with E-state index in [1.165, 1.54) is 0 Å². The summed E-state index contributed by atoms with van der Waals surface area (Å²) in [6, 6.07) is 28.2. The third-order valence-corrected chi connectivity index (χ3v) is 4.56. The maximum Gasteiger partial charge on any atom is 0.0812 e. The number of hydrogen-bond donors (Lipinski definition) is 2. The molecule has 3 heteroatoms. The molecule has 3 aromatic carbocycles. The molecule has 0 heterocycles. The summed E-state index contributed by atoms with van der Waals surface area (Å²) >= 11 is 3.46. The monoisotopic (exact) mass is 381 g/mol. The van der Waals surface area contributed by atoms with E-state index >= 15 is 0 Å². The number of rotatable bonds is 6. The van der Waals surface area contributed by atoms with Gasteiger partial charge >= 0.3 is 0 Å². The molecule has 2 unspecified atom stereocenters. The van der Waals surface area contributed by atoms with Crippen LogP contribution in [0.25, 0.3) is 0 Å². The Kier molecular flexibility index (Phi) is 5.68. The lowest BCUT2D eigenvalue weighted by molar-refractivity contribution is 0.160. The highest BCUT2D eigenvalue weighted by atomic mass is 79.9. The van der Waals surface area contributed by atoms with Gasteiger partial charge in [0.05, 0.1) is 12.1 Å². The predicted octanol–water partition coefficient (Wildman–Crippen LogP) is 5.73. The molecule has 2 atom stereocenters. The van der Waals surface area contributed by atoms with Crippen molar-refractivity contribution >= 4 is 21.6 Å². The number of benzene rings is 3. The maximum absolute atomic E-state index is 10.6. The number of hydrogen-bond acceptors (Lipinski definition) is 2. The van der Waals surface area contributed by atoms with E-state index in [0.29, 0.717) is 6.42 Å². The fourth-order valence-electron chi connectivity index (χ4n) is 2.75. The van der Waals surface area contributed by atoms with Crippen molar-refractivity contribution in [1.29, 1.82) is 0 Å². The molecule has 3 rings (SSSR count). The third-order valence-electron chi connectivity index (χ3n) is 4.03. The third kappa shape index (κ3) is 4.47. The van der Waals surface area contributed by atoms with Crippen LogP contribution in [0.2, 0.25) is 0 Å². The summed E-state index contributed by atoms with van der Waals surface area (Å²) in [6.07, 6.45) is 0.0868. The van der Waals surface area contributed by atoms with Crippen molar-refractivity contribution in [3.8, 4) is 0 Å². The molecule has 0 amide bonds. The molecule has 0 spiro atoms. The van der Waals surface area contributed by atoms with Gasteiger partial charge < -0.3 is 10.4 Å². The molecule has 122 valence electrons. The summed E-state index contributed by atoms with van der Waals surface area (Å²) in [6.45, 7) is 0. The van der Waals surface area contributed by atoms with Gasteiger partial charge in [0.2, 0.25) is 0 Å². The Hall–Kier alpha value is -2.10. The normalized spacial score (nSPS) is 13.2. The first-order valence-corrected chi connectivity index (χ1v) is 8.82. The van der Waals surface area contributed by atoms with E-state index in [1.807, 2.05) is 72.8 Å². The summed E-state index contributed by atoms with van der Waals surface area (Å²) < 4.78 is 1.05. The van der Waals surface area contributed by atoms with Crippen LogP contribution >= 0.6 is 15.9 Å². The minimum Gasteiger partial charge on any atom is -0.388 e. The molecule has 0 saturated carbocycles. The molecular formula is C21H20BrNO. The summed E-state index contributed by atoms with van der Waals surface area (Å²) in [5, 5.41) is 14.2. The Morgan fingerprint density at radius 1 is 0.750 bits per heavy atom. The maximum atomic E-state index is 10.6. The van der Waals surface area contributed by atoms with E-state index in [-0.39, 0.29) is 6.04 Å². The van der Waals surface area contributed by atoms with Gasteiger partial charge in [-0.2, -0.15) is 0 Å². The number of aliphatic hydroxyl groups excluding tert-OH is 1. The first-order chi connectivity index (χ1) is 11.7. The molecule has 0 saturated heterocycles. The van der Waals surface area contributed by atoms with Crippen LogP contribution in [0.4, 0.5) is 5.69 Å². The van der Waals surface area contributed by atoms with Crippen molar-refractivity contribution in [3.63, 3.8) is 0 Å². The lowest BCUT2D eigenvalue weighted by Crippen LogP contribution is -2.14. The van der Waals surface area contributed by atoms with Gasteiger partial charge in [-0.3, -0.25) is 0 Å². The van der Waals surface area contributed by atoms with Gasteiger partial charge in [0.15, 0.2) is 0 Å². The predicted molar refractivity (Wildman–Crippen MR) is 103 cm³/mol. The molecular weight excluding hydrogens is 362 g/mol. The van der Waals surface area contributed by atoms with Crippen LogP contribution < -0.4 is 5.32 Å². The Bertz CT molecular complexity index is 744. The van der Waals surface area contributed by atoms with E-state index in [2.05, 4.69) is 33.4 Å². The molecule has 0 aliphatic carbocycles. The highest BCUT2D eigenvalue weighted by Crippen LogP contribution is 2.30. The largest absolute Gasteiger partial charge is 0.388 e. The molecule has 0 radical (unpaired) electrons. The quantitative estimate of drug-likeness (QED) is 0.571. The second-order valence-corrected chi connectivity index (χ2v) is 6.69. The van der Waals surface area contributed by atoms with Gasteiger partial charge in [0.25, 0.3) is 0 Å². The van der Waals surface area contributed by atoms with Crippen molar-refractivity contribution < 1.29 is 5.11 Å². The molecule has 0 bridgehead atoms. The van der Waals surface area contributed by atoms with Crippen molar-refractivity contribution in [2.75, 3.05) is 5.32 Å². The van der Waals surface area contributed by atoms with Crippen LogP contribution in [0, 0.1) is 0 Å². The van der Waals surface area contributed by atoms with Crippen LogP contribution in [0.15, 0.2) is 89.4 Å². The molecule has 0 aromatic heterocycles. The van der Waals surface area contributed by atoms with Crippen molar-refractivity contribution in [1.82, 2.24) is 0 Å². The Morgan fingerprint density at radius 3 is 1.88 bits per heavy atom. The number of aliphatic hydroxyl groups is 1. The van der Waals surface area contributed by atoms with Crippen LogP contribution in [-0.4, -0.2) is 5.11 Å². The molecule has 2 nitrogen and oxygen atoms in total. The Balaban J connectivity index is 1.81. The van der Waals surface area contributed by atoms with E-state index in [0.717, 1.165) is 21.3 Å². The fraction of sp³-hybridized carbons (Fsp3) is 0.143. The molecule has 0 aliphatic rings. The van der Waals surface area contributed by atoms with Gasteiger partial charge in [0, 0.05) is 16.6 Å². The second kappa shape index (κ2) is 8.13. The zero-order valence-corrected chi connectivity index (χ0v) is 14.9.